The Morgan fingerprint density at radius 2 is 1.88 bits per heavy atom. The van der Waals surface area contributed by atoms with Gasteiger partial charge in [0.2, 0.25) is 10.0 Å². The van der Waals surface area contributed by atoms with Crippen LogP contribution in [0.15, 0.2) is 6.07 Å². The average Bonchev–Trinajstić information content (AvgIpc) is 2.18. The molecule has 2 N–H and O–H groups in total. The minimum absolute atomic E-state index is 0.134. The lowest BCUT2D eigenvalue weighted by atomic mass is 10.4. The van der Waals surface area contributed by atoms with E-state index in [1.807, 2.05) is 0 Å². The van der Waals surface area contributed by atoms with Gasteiger partial charge < -0.3 is 5.32 Å². The fourth-order valence-electron chi connectivity index (χ4n) is 0.985. The molecule has 0 aliphatic carbocycles. The predicted octanol–water partition coefficient (Wildman–Crippen LogP) is 2.00. The van der Waals surface area contributed by atoms with Crippen molar-refractivity contribution < 1.29 is 8.42 Å². The molecule has 0 unspecified atom stereocenters. The van der Waals surface area contributed by atoms with Crippen LogP contribution in [0.4, 0.5) is 5.82 Å². The first-order valence-corrected chi connectivity index (χ1v) is 7.52. The van der Waals surface area contributed by atoms with E-state index in [2.05, 4.69) is 15.0 Å². The molecule has 0 aromatic carbocycles. The van der Waals surface area contributed by atoms with Gasteiger partial charge in [0, 0.05) is 13.1 Å². The third-order valence-corrected chi connectivity index (χ3v) is 3.36. The Morgan fingerprint density at radius 3 is 2.47 bits per heavy atom. The highest BCUT2D eigenvalue weighted by Crippen LogP contribution is 2.28. The number of sulfonamides is 1. The van der Waals surface area contributed by atoms with Crippen LogP contribution in [0.3, 0.4) is 0 Å². The van der Waals surface area contributed by atoms with E-state index in [4.69, 9.17) is 34.8 Å². The number of halogens is 3. The maximum Gasteiger partial charge on any atom is 0.208 e. The maximum absolute atomic E-state index is 10.8. The van der Waals surface area contributed by atoms with Crippen LogP contribution in [0.1, 0.15) is 0 Å². The Balaban J connectivity index is 2.55. The molecule has 0 radical (unpaired) electrons. The molecule has 1 heterocycles. The molecule has 0 amide bonds. The van der Waals surface area contributed by atoms with Crippen molar-refractivity contribution in [3.05, 3.63) is 21.3 Å². The fraction of sp³-hybridized carbons (Fsp3) is 0.375. The van der Waals surface area contributed by atoms with Crippen LogP contribution in [0, 0.1) is 0 Å². The number of rotatable bonds is 5. The molecule has 0 atom stereocenters. The molecule has 9 heteroatoms. The van der Waals surface area contributed by atoms with Gasteiger partial charge >= 0.3 is 0 Å². The summed E-state index contributed by atoms with van der Waals surface area (Å²) in [7, 11) is -3.19. The fourth-order valence-corrected chi connectivity index (χ4v) is 2.02. The lowest BCUT2D eigenvalue weighted by Crippen LogP contribution is -2.27. The van der Waals surface area contributed by atoms with E-state index in [9.17, 15) is 8.42 Å². The molecule has 1 rings (SSSR count). The van der Waals surface area contributed by atoms with Gasteiger partial charge in [-0.15, -0.1) is 0 Å². The molecule has 0 fully saturated rings. The molecule has 1 aromatic heterocycles. The van der Waals surface area contributed by atoms with Crippen molar-refractivity contribution in [1.82, 2.24) is 9.71 Å². The summed E-state index contributed by atoms with van der Waals surface area (Å²) in [6.07, 6.45) is 1.08. The monoisotopic (exact) mass is 317 g/mol. The number of anilines is 1. The SMILES string of the molecule is CS(=O)(=O)NCCNc1nc(Cl)c(Cl)cc1Cl. The highest BCUT2D eigenvalue weighted by Gasteiger charge is 2.07. The van der Waals surface area contributed by atoms with Crippen molar-refractivity contribution >= 4 is 50.6 Å². The first-order valence-electron chi connectivity index (χ1n) is 4.49. The predicted molar refractivity (Wildman–Crippen MR) is 70.6 cm³/mol. The molecule has 0 bridgehead atoms. The Labute approximate surface area is 115 Å². The first-order chi connectivity index (χ1) is 7.79. The van der Waals surface area contributed by atoms with Crippen molar-refractivity contribution in [3.63, 3.8) is 0 Å². The third kappa shape index (κ3) is 5.27. The molecule has 0 saturated heterocycles. The van der Waals surface area contributed by atoms with Crippen LogP contribution in [0.25, 0.3) is 0 Å². The second kappa shape index (κ2) is 6.06. The topological polar surface area (TPSA) is 71.1 Å². The molecule has 5 nitrogen and oxygen atoms in total. The number of hydrogen-bond acceptors (Lipinski definition) is 4. The van der Waals surface area contributed by atoms with Crippen molar-refractivity contribution in [1.29, 1.82) is 0 Å². The summed E-state index contributed by atoms with van der Waals surface area (Å²) in [6.45, 7) is 0.550. The number of hydrogen-bond donors (Lipinski definition) is 2. The normalized spacial score (nSPS) is 11.5. The molecule has 96 valence electrons. The van der Waals surface area contributed by atoms with E-state index in [1.165, 1.54) is 6.07 Å². The summed E-state index contributed by atoms with van der Waals surface area (Å²) < 4.78 is 23.9. The van der Waals surface area contributed by atoms with Gasteiger partial charge in [-0.3, -0.25) is 0 Å². The number of aromatic nitrogens is 1. The van der Waals surface area contributed by atoms with Gasteiger partial charge in [-0.1, -0.05) is 34.8 Å². The molecular formula is C8H10Cl3N3O2S. The molecule has 1 aromatic rings. The van der Waals surface area contributed by atoms with Crippen LogP contribution in [0.5, 0.6) is 0 Å². The summed E-state index contributed by atoms with van der Waals surface area (Å²) >= 11 is 17.3. The smallest absolute Gasteiger partial charge is 0.208 e. The Hall–Kier alpha value is -0.270. The second-order valence-corrected chi connectivity index (χ2v) is 6.19. The van der Waals surface area contributed by atoms with E-state index in [0.717, 1.165) is 6.26 Å². The quantitative estimate of drug-likeness (QED) is 0.643. The van der Waals surface area contributed by atoms with Crippen molar-refractivity contribution in [2.45, 2.75) is 0 Å². The zero-order valence-electron chi connectivity index (χ0n) is 8.80. The highest BCUT2D eigenvalue weighted by molar-refractivity contribution is 7.88. The van der Waals surface area contributed by atoms with Crippen LogP contribution < -0.4 is 10.0 Å². The van der Waals surface area contributed by atoms with Crippen LogP contribution >= 0.6 is 34.8 Å². The van der Waals surface area contributed by atoms with Crippen LogP contribution in [-0.4, -0.2) is 32.7 Å². The van der Waals surface area contributed by atoms with E-state index in [1.54, 1.807) is 0 Å². The maximum atomic E-state index is 10.8. The van der Waals surface area contributed by atoms with Gasteiger partial charge in [-0.05, 0) is 6.07 Å². The van der Waals surface area contributed by atoms with E-state index in [0.29, 0.717) is 17.4 Å². The average molecular weight is 319 g/mol. The summed E-state index contributed by atoms with van der Waals surface area (Å²) in [5, 5.41) is 3.55. The Bertz CT molecular complexity index is 507. The Kier molecular flexibility index (Phi) is 5.27. The van der Waals surface area contributed by atoms with Gasteiger partial charge in [0.25, 0.3) is 0 Å². The molecule has 17 heavy (non-hydrogen) atoms. The standard InChI is InChI=1S/C8H10Cl3N3O2S/c1-17(15,16)13-3-2-12-8-6(10)4-5(9)7(11)14-8/h4,13H,2-3H2,1H3,(H,12,14). The lowest BCUT2D eigenvalue weighted by Gasteiger charge is -2.08. The van der Waals surface area contributed by atoms with Gasteiger partial charge in [0.1, 0.15) is 11.0 Å². The number of pyridine rings is 1. The van der Waals surface area contributed by atoms with E-state index < -0.39 is 10.0 Å². The number of nitrogens with one attached hydrogen (secondary N) is 2. The van der Waals surface area contributed by atoms with Crippen molar-refractivity contribution in [2.24, 2.45) is 0 Å². The molecule has 0 aliphatic rings. The van der Waals surface area contributed by atoms with Gasteiger partial charge in [0.05, 0.1) is 16.3 Å². The van der Waals surface area contributed by atoms with E-state index >= 15 is 0 Å². The summed E-state index contributed by atoms with van der Waals surface area (Å²) in [6, 6.07) is 1.46. The summed E-state index contributed by atoms with van der Waals surface area (Å²) in [5.41, 5.74) is 0. The van der Waals surface area contributed by atoms with Crippen LogP contribution in [-0.2, 0) is 10.0 Å². The van der Waals surface area contributed by atoms with Crippen molar-refractivity contribution in [2.75, 3.05) is 24.7 Å². The van der Waals surface area contributed by atoms with Crippen molar-refractivity contribution in [3.8, 4) is 0 Å². The molecule has 0 saturated carbocycles. The Morgan fingerprint density at radius 1 is 1.24 bits per heavy atom. The molecule has 0 aliphatic heterocycles. The summed E-state index contributed by atoms with van der Waals surface area (Å²) in [5.74, 6) is 0.358. The largest absolute Gasteiger partial charge is 0.367 e. The minimum Gasteiger partial charge on any atom is -0.367 e. The zero-order chi connectivity index (χ0) is 13.1. The second-order valence-electron chi connectivity index (χ2n) is 3.18. The number of nitrogens with zero attached hydrogens (tertiary/aromatic N) is 1. The van der Waals surface area contributed by atoms with Gasteiger partial charge in [-0.25, -0.2) is 18.1 Å². The van der Waals surface area contributed by atoms with E-state index in [-0.39, 0.29) is 16.7 Å². The van der Waals surface area contributed by atoms with Gasteiger partial charge in [0.15, 0.2) is 0 Å². The highest BCUT2D eigenvalue weighted by atomic mass is 35.5. The lowest BCUT2D eigenvalue weighted by molar-refractivity contribution is 0.589. The van der Waals surface area contributed by atoms with Gasteiger partial charge in [-0.2, -0.15) is 0 Å². The molecular weight excluding hydrogens is 309 g/mol. The molecule has 0 spiro atoms. The minimum atomic E-state index is -3.19. The third-order valence-electron chi connectivity index (χ3n) is 1.67. The van der Waals surface area contributed by atoms with Crippen LogP contribution in [0.2, 0.25) is 15.2 Å². The zero-order valence-corrected chi connectivity index (χ0v) is 11.9. The summed E-state index contributed by atoms with van der Waals surface area (Å²) in [4.78, 5) is 3.92. The first kappa shape index (κ1) is 14.8.